The lowest BCUT2D eigenvalue weighted by atomic mass is 9.92. The molecule has 86 valence electrons. The molecule has 0 spiro atoms. The molecule has 2 rings (SSSR count). The monoisotopic (exact) mass is 285 g/mol. The SMILES string of the molecule is CC(C)(C)Cc1nc2cc(Br)cc(F)c2o1. The fourth-order valence-electron chi connectivity index (χ4n) is 1.54. The minimum atomic E-state index is -0.378. The van der Waals surface area contributed by atoms with E-state index in [4.69, 9.17) is 4.42 Å². The minimum absolute atomic E-state index is 0.0780. The number of nitrogens with zero attached hydrogens (tertiary/aromatic N) is 1. The zero-order valence-electron chi connectivity index (χ0n) is 9.47. The second-order valence-corrected chi connectivity index (χ2v) is 6.00. The van der Waals surface area contributed by atoms with Crippen LogP contribution in [0.25, 0.3) is 11.1 Å². The van der Waals surface area contributed by atoms with E-state index < -0.39 is 0 Å². The van der Waals surface area contributed by atoms with Crippen molar-refractivity contribution in [2.75, 3.05) is 0 Å². The van der Waals surface area contributed by atoms with Gasteiger partial charge in [-0.1, -0.05) is 36.7 Å². The van der Waals surface area contributed by atoms with Crippen molar-refractivity contribution in [3.05, 3.63) is 28.3 Å². The van der Waals surface area contributed by atoms with Gasteiger partial charge in [-0.25, -0.2) is 9.37 Å². The molecule has 0 atom stereocenters. The number of hydrogen-bond acceptors (Lipinski definition) is 2. The molecule has 0 N–H and O–H groups in total. The first-order valence-corrected chi connectivity index (χ1v) is 5.89. The fourth-order valence-corrected chi connectivity index (χ4v) is 1.95. The highest BCUT2D eigenvalue weighted by atomic mass is 79.9. The largest absolute Gasteiger partial charge is 0.438 e. The zero-order chi connectivity index (χ0) is 11.9. The molecule has 1 aromatic carbocycles. The smallest absolute Gasteiger partial charge is 0.196 e. The first-order valence-electron chi connectivity index (χ1n) is 5.10. The Bertz CT molecular complexity index is 528. The van der Waals surface area contributed by atoms with Gasteiger partial charge in [0.15, 0.2) is 17.3 Å². The summed E-state index contributed by atoms with van der Waals surface area (Å²) in [5.41, 5.74) is 0.878. The van der Waals surface area contributed by atoms with Crippen LogP contribution < -0.4 is 0 Å². The summed E-state index contributed by atoms with van der Waals surface area (Å²) in [6.07, 6.45) is 0.693. The fraction of sp³-hybridized carbons (Fsp3) is 0.417. The average Bonchev–Trinajstić information content (AvgIpc) is 2.43. The van der Waals surface area contributed by atoms with Crippen molar-refractivity contribution in [1.29, 1.82) is 0 Å². The van der Waals surface area contributed by atoms with Gasteiger partial charge in [-0.05, 0) is 17.5 Å². The third kappa shape index (κ3) is 2.43. The van der Waals surface area contributed by atoms with Crippen LogP contribution in [-0.2, 0) is 6.42 Å². The predicted octanol–water partition coefficient (Wildman–Crippen LogP) is 4.32. The van der Waals surface area contributed by atoms with Gasteiger partial charge in [0, 0.05) is 10.9 Å². The molecule has 16 heavy (non-hydrogen) atoms. The molecule has 0 radical (unpaired) electrons. The van der Waals surface area contributed by atoms with Gasteiger partial charge < -0.3 is 4.42 Å². The lowest BCUT2D eigenvalue weighted by Crippen LogP contribution is -2.09. The molecule has 0 aliphatic rings. The number of benzene rings is 1. The third-order valence-corrected chi connectivity index (χ3v) is 2.59. The van der Waals surface area contributed by atoms with E-state index in [9.17, 15) is 4.39 Å². The van der Waals surface area contributed by atoms with Gasteiger partial charge in [-0.3, -0.25) is 0 Å². The molecular weight excluding hydrogens is 273 g/mol. The summed E-state index contributed by atoms with van der Waals surface area (Å²) in [6.45, 7) is 6.27. The first-order chi connectivity index (χ1) is 7.35. The predicted molar refractivity (Wildman–Crippen MR) is 64.8 cm³/mol. The average molecular weight is 286 g/mol. The Balaban J connectivity index is 2.48. The Morgan fingerprint density at radius 2 is 2.06 bits per heavy atom. The lowest BCUT2D eigenvalue weighted by Gasteiger charge is -2.14. The van der Waals surface area contributed by atoms with Gasteiger partial charge in [0.2, 0.25) is 0 Å². The summed E-state index contributed by atoms with van der Waals surface area (Å²) in [5.74, 6) is 0.205. The summed E-state index contributed by atoms with van der Waals surface area (Å²) in [6, 6.07) is 3.14. The molecule has 0 aliphatic heterocycles. The second kappa shape index (κ2) is 3.84. The van der Waals surface area contributed by atoms with E-state index in [0.29, 0.717) is 22.3 Å². The van der Waals surface area contributed by atoms with Crippen LogP contribution in [0.3, 0.4) is 0 Å². The summed E-state index contributed by atoms with van der Waals surface area (Å²) in [5, 5.41) is 0. The maximum Gasteiger partial charge on any atom is 0.196 e. The second-order valence-electron chi connectivity index (χ2n) is 5.08. The molecule has 4 heteroatoms. The molecule has 0 amide bonds. The summed E-state index contributed by atoms with van der Waals surface area (Å²) < 4.78 is 19.6. The van der Waals surface area contributed by atoms with Crippen LogP contribution in [0.1, 0.15) is 26.7 Å². The van der Waals surface area contributed by atoms with Crippen LogP contribution in [0.2, 0.25) is 0 Å². The van der Waals surface area contributed by atoms with Crippen LogP contribution in [-0.4, -0.2) is 4.98 Å². The normalized spacial score (nSPS) is 12.3. The topological polar surface area (TPSA) is 26.0 Å². The Hall–Kier alpha value is -0.900. The van der Waals surface area contributed by atoms with E-state index in [1.807, 2.05) is 0 Å². The van der Waals surface area contributed by atoms with Crippen molar-refractivity contribution >= 4 is 27.0 Å². The summed E-state index contributed by atoms with van der Waals surface area (Å²) in [7, 11) is 0. The van der Waals surface area contributed by atoms with Crippen LogP contribution in [0.4, 0.5) is 4.39 Å². The summed E-state index contributed by atoms with van der Waals surface area (Å²) in [4.78, 5) is 4.28. The molecule has 2 nitrogen and oxygen atoms in total. The Morgan fingerprint density at radius 1 is 1.38 bits per heavy atom. The Labute approximate surface area is 102 Å². The van der Waals surface area contributed by atoms with Crippen LogP contribution in [0.5, 0.6) is 0 Å². The van der Waals surface area contributed by atoms with E-state index in [2.05, 4.69) is 41.7 Å². The molecule has 0 fully saturated rings. The number of hydrogen-bond donors (Lipinski definition) is 0. The van der Waals surface area contributed by atoms with E-state index >= 15 is 0 Å². The molecule has 0 saturated heterocycles. The summed E-state index contributed by atoms with van der Waals surface area (Å²) >= 11 is 3.23. The highest BCUT2D eigenvalue weighted by Crippen LogP contribution is 2.27. The number of rotatable bonds is 1. The van der Waals surface area contributed by atoms with E-state index in [1.165, 1.54) is 6.07 Å². The van der Waals surface area contributed by atoms with Gasteiger partial charge >= 0.3 is 0 Å². The maximum absolute atomic E-state index is 13.5. The molecule has 0 unspecified atom stereocenters. The van der Waals surface area contributed by atoms with Crippen molar-refractivity contribution < 1.29 is 8.81 Å². The third-order valence-electron chi connectivity index (χ3n) is 2.14. The van der Waals surface area contributed by atoms with Crippen molar-refractivity contribution in [3.63, 3.8) is 0 Å². The highest BCUT2D eigenvalue weighted by Gasteiger charge is 2.17. The molecule has 2 aromatic rings. The molecule has 0 saturated carbocycles. The number of aromatic nitrogens is 1. The van der Waals surface area contributed by atoms with Crippen molar-refractivity contribution in [1.82, 2.24) is 4.98 Å². The standard InChI is InChI=1S/C12H13BrFNO/c1-12(2,3)6-10-15-9-5-7(13)4-8(14)11(9)16-10/h4-5H,6H2,1-3H3. The van der Waals surface area contributed by atoms with Crippen molar-refractivity contribution in [2.45, 2.75) is 27.2 Å². The number of halogens is 2. The van der Waals surface area contributed by atoms with Gasteiger partial charge in [0.1, 0.15) is 5.52 Å². The molecular formula is C12H13BrFNO. The van der Waals surface area contributed by atoms with Gasteiger partial charge in [0.05, 0.1) is 0 Å². The van der Waals surface area contributed by atoms with Crippen LogP contribution >= 0.6 is 15.9 Å². The van der Waals surface area contributed by atoms with Gasteiger partial charge in [-0.2, -0.15) is 0 Å². The van der Waals surface area contributed by atoms with Gasteiger partial charge in [-0.15, -0.1) is 0 Å². The molecule has 1 heterocycles. The molecule has 0 bridgehead atoms. The van der Waals surface area contributed by atoms with Crippen molar-refractivity contribution in [2.24, 2.45) is 5.41 Å². The number of fused-ring (bicyclic) bond motifs is 1. The quantitative estimate of drug-likeness (QED) is 0.780. The van der Waals surface area contributed by atoms with Crippen molar-refractivity contribution in [3.8, 4) is 0 Å². The Morgan fingerprint density at radius 3 is 2.69 bits per heavy atom. The Kier molecular flexibility index (Phi) is 2.78. The highest BCUT2D eigenvalue weighted by molar-refractivity contribution is 9.10. The van der Waals surface area contributed by atoms with E-state index in [0.717, 1.165) is 0 Å². The zero-order valence-corrected chi connectivity index (χ0v) is 11.1. The minimum Gasteiger partial charge on any atom is -0.438 e. The number of oxazole rings is 1. The van der Waals surface area contributed by atoms with E-state index in [1.54, 1.807) is 6.07 Å². The lowest BCUT2D eigenvalue weighted by molar-refractivity contribution is 0.359. The van der Waals surface area contributed by atoms with Crippen LogP contribution in [0, 0.1) is 11.2 Å². The molecule has 0 aliphatic carbocycles. The molecule has 1 aromatic heterocycles. The van der Waals surface area contributed by atoms with Gasteiger partial charge in [0.25, 0.3) is 0 Å². The van der Waals surface area contributed by atoms with E-state index in [-0.39, 0.29) is 16.8 Å². The first kappa shape index (κ1) is 11.6. The maximum atomic E-state index is 13.5. The van der Waals surface area contributed by atoms with Crippen LogP contribution in [0.15, 0.2) is 21.0 Å².